The highest BCUT2D eigenvalue weighted by Gasteiger charge is 2.22. The Balaban J connectivity index is 1.70. The Kier molecular flexibility index (Phi) is 5.71. The van der Waals surface area contributed by atoms with E-state index in [2.05, 4.69) is 5.32 Å². The monoisotopic (exact) mass is 310 g/mol. The van der Waals surface area contributed by atoms with Crippen molar-refractivity contribution in [3.63, 3.8) is 0 Å². The first-order valence-corrected chi connectivity index (χ1v) is 7.16. The molecular formula is C15H19FN2O4. The summed E-state index contributed by atoms with van der Waals surface area (Å²) in [5.74, 6) is -1.01. The molecule has 1 aliphatic heterocycles. The number of carbonyl (C=O) groups excluding carboxylic acids is 1. The quantitative estimate of drug-likeness (QED) is 0.815. The number of aliphatic carboxylic acids is 1. The van der Waals surface area contributed by atoms with Crippen molar-refractivity contribution in [1.82, 2.24) is 10.2 Å². The molecule has 0 bridgehead atoms. The minimum atomic E-state index is -1.06. The summed E-state index contributed by atoms with van der Waals surface area (Å²) < 4.78 is 18.6. The van der Waals surface area contributed by atoms with Gasteiger partial charge in [0.25, 0.3) is 0 Å². The SMILES string of the molecule is O=C(O)CNC(=O)CN1CCC(Oc2ccc(F)cc2)CC1. The van der Waals surface area contributed by atoms with Gasteiger partial charge in [-0.15, -0.1) is 0 Å². The maximum atomic E-state index is 12.8. The van der Waals surface area contributed by atoms with Crippen LogP contribution in [0.3, 0.4) is 0 Å². The zero-order valence-corrected chi connectivity index (χ0v) is 12.1. The normalized spacial score (nSPS) is 16.2. The van der Waals surface area contributed by atoms with Crippen LogP contribution in [0.25, 0.3) is 0 Å². The fraction of sp³-hybridized carbons (Fsp3) is 0.467. The lowest BCUT2D eigenvalue weighted by atomic mass is 10.1. The van der Waals surface area contributed by atoms with Gasteiger partial charge in [-0.2, -0.15) is 0 Å². The summed E-state index contributed by atoms with van der Waals surface area (Å²) in [6.45, 7) is 1.23. The minimum Gasteiger partial charge on any atom is -0.490 e. The van der Waals surface area contributed by atoms with E-state index in [9.17, 15) is 14.0 Å². The summed E-state index contributed by atoms with van der Waals surface area (Å²) in [4.78, 5) is 23.9. The van der Waals surface area contributed by atoms with Crippen LogP contribution in [-0.4, -0.2) is 54.2 Å². The van der Waals surface area contributed by atoms with Crippen molar-refractivity contribution >= 4 is 11.9 Å². The third-order valence-electron chi connectivity index (χ3n) is 3.45. The van der Waals surface area contributed by atoms with Crippen LogP contribution in [0.15, 0.2) is 24.3 Å². The molecule has 2 N–H and O–H groups in total. The first kappa shape index (κ1) is 16.2. The number of ether oxygens (including phenoxy) is 1. The van der Waals surface area contributed by atoms with Crippen LogP contribution in [0.4, 0.5) is 4.39 Å². The third-order valence-corrected chi connectivity index (χ3v) is 3.45. The summed E-state index contributed by atoms with van der Waals surface area (Å²) in [7, 11) is 0. The highest BCUT2D eigenvalue weighted by atomic mass is 19.1. The van der Waals surface area contributed by atoms with E-state index in [4.69, 9.17) is 9.84 Å². The summed E-state index contributed by atoms with van der Waals surface area (Å²) >= 11 is 0. The van der Waals surface area contributed by atoms with Gasteiger partial charge in [-0.25, -0.2) is 4.39 Å². The molecule has 2 rings (SSSR count). The molecule has 0 unspecified atom stereocenters. The molecular weight excluding hydrogens is 291 g/mol. The minimum absolute atomic E-state index is 0.0452. The van der Waals surface area contributed by atoms with Gasteiger partial charge in [-0.1, -0.05) is 0 Å². The number of nitrogens with one attached hydrogen (secondary N) is 1. The lowest BCUT2D eigenvalue weighted by Crippen LogP contribution is -2.44. The van der Waals surface area contributed by atoms with Gasteiger partial charge in [0.2, 0.25) is 5.91 Å². The van der Waals surface area contributed by atoms with E-state index in [1.807, 2.05) is 4.90 Å². The van der Waals surface area contributed by atoms with E-state index in [0.29, 0.717) is 18.8 Å². The molecule has 1 aromatic carbocycles. The highest BCUT2D eigenvalue weighted by molar-refractivity contribution is 5.82. The van der Waals surface area contributed by atoms with Gasteiger partial charge in [0, 0.05) is 13.1 Å². The number of carboxylic acids is 1. The van der Waals surface area contributed by atoms with Gasteiger partial charge >= 0.3 is 5.97 Å². The van der Waals surface area contributed by atoms with Crippen LogP contribution in [0.1, 0.15) is 12.8 Å². The molecule has 0 aliphatic carbocycles. The Morgan fingerprint density at radius 2 is 1.91 bits per heavy atom. The van der Waals surface area contributed by atoms with Crippen LogP contribution in [0.5, 0.6) is 5.75 Å². The van der Waals surface area contributed by atoms with Gasteiger partial charge in [0.15, 0.2) is 0 Å². The number of nitrogens with zero attached hydrogens (tertiary/aromatic N) is 1. The van der Waals surface area contributed by atoms with Gasteiger partial charge in [-0.3, -0.25) is 14.5 Å². The second kappa shape index (κ2) is 7.74. The second-order valence-corrected chi connectivity index (χ2v) is 5.22. The third kappa shape index (κ3) is 5.33. The average molecular weight is 310 g/mol. The molecule has 1 aliphatic rings. The second-order valence-electron chi connectivity index (χ2n) is 5.22. The van der Waals surface area contributed by atoms with Crippen molar-refractivity contribution in [2.45, 2.75) is 18.9 Å². The molecule has 0 atom stereocenters. The van der Waals surface area contributed by atoms with E-state index in [1.165, 1.54) is 12.1 Å². The fourth-order valence-corrected chi connectivity index (χ4v) is 2.32. The molecule has 1 saturated heterocycles. The molecule has 1 aromatic rings. The van der Waals surface area contributed by atoms with Gasteiger partial charge in [-0.05, 0) is 37.1 Å². The van der Waals surface area contributed by atoms with Crippen LogP contribution >= 0.6 is 0 Å². The van der Waals surface area contributed by atoms with Crippen LogP contribution in [0, 0.1) is 5.82 Å². The molecule has 7 heteroatoms. The van der Waals surface area contributed by atoms with E-state index >= 15 is 0 Å². The Hall–Kier alpha value is -2.15. The zero-order chi connectivity index (χ0) is 15.9. The largest absolute Gasteiger partial charge is 0.490 e. The predicted molar refractivity (Wildman–Crippen MR) is 77.1 cm³/mol. The number of hydrogen-bond donors (Lipinski definition) is 2. The van der Waals surface area contributed by atoms with E-state index < -0.39 is 5.97 Å². The topological polar surface area (TPSA) is 78.9 Å². The Labute approximate surface area is 127 Å². The smallest absolute Gasteiger partial charge is 0.322 e. The van der Waals surface area contributed by atoms with Crippen molar-refractivity contribution < 1.29 is 23.8 Å². The summed E-state index contributed by atoms with van der Waals surface area (Å²) in [5, 5.41) is 10.8. The number of piperidine rings is 1. The Morgan fingerprint density at radius 3 is 2.50 bits per heavy atom. The summed E-state index contributed by atoms with van der Waals surface area (Å²) in [5.41, 5.74) is 0. The fourth-order valence-electron chi connectivity index (χ4n) is 2.32. The first-order chi connectivity index (χ1) is 10.5. The molecule has 120 valence electrons. The number of amides is 1. The van der Waals surface area contributed by atoms with Crippen molar-refractivity contribution in [2.24, 2.45) is 0 Å². The zero-order valence-electron chi connectivity index (χ0n) is 12.1. The number of rotatable bonds is 6. The number of carbonyl (C=O) groups is 2. The molecule has 1 heterocycles. The van der Waals surface area contributed by atoms with E-state index in [0.717, 1.165) is 12.8 Å². The number of halogens is 1. The predicted octanol–water partition coefficient (Wildman–Crippen LogP) is 0.870. The van der Waals surface area contributed by atoms with Crippen molar-refractivity contribution in [1.29, 1.82) is 0 Å². The average Bonchev–Trinajstić information content (AvgIpc) is 2.49. The highest BCUT2D eigenvalue weighted by Crippen LogP contribution is 2.19. The standard InChI is InChI=1S/C15H19FN2O4/c16-11-1-3-12(4-2-11)22-13-5-7-18(8-6-13)10-14(19)17-9-15(20)21/h1-4,13H,5-10H2,(H,17,19)(H,20,21). The maximum absolute atomic E-state index is 12.8. The van der Waals surface area contributed by atoms with E-state index in [1.54, 1.807) is 12.1 Å². The molecule has 0 radical (unpaired) electrons. The summed E-state index contributed by atoms with van der Waals surface area (Å²) in [6.07, 6.45) is 1.58. The molecule has 22 heavy (non-hydrogen) atoms. The van der Waals surface area contributed by atoms with Crippen LogP contribution in [-0.2, 0) is 9.59 Å². The van der Waals surface area contributed by atoms with Crippen molar-refractivity contribution in [3.05, 3.63) is 30.1 Å². The summed E-state index contributed by atoms with van der Waals surface area (Å²) in [6, 6.07) is 5.91. The number of likely N-dealkylation sites (tertiary alicyclic amines) is 1. The molecule has 1 fully saturated rings. The van der Waals surface area contributed by atoms with E-state index in [-0.39, 0.29) is 30.9 Å². The van der Waals surface area contributed by atoms with Gasteiger partial charge in [0.05, 0.1) is 6.54 Å². The molecule has 0 aromatic heterocycles. The van der Waals surface area contributed by atoms with Gasteiger partial charge in [0.1, 0.15) is 24.2 Å². The molecule has 1 amide bonds. The maximum Gasteiger partial charge on any atom is 0.322 e. The number of benzene rings is 1. The van der Waals surface area contributed by atoms with Gasteiger partial charge < -0.3 is 15.2 Å². The van der Waals surface area contributed by atoms with Crippen molar-refractivity contribution in [2.75, 3.05) is 26.2 Å². The molecule has 0 spiro atoms. The lowest BCUT2D eigenvalue weighted by Gasteiger charge is -2.31. The Bertz CT molecular complexity index is 513. The van der Waals surface area contributed by atoms with Crippen LogP contribution in [0.2, 0.25) is 0 Å². The molecule has 6 nitrogen and oxygen atoms in total. The lowest BCUT2D eigenvalue weighted by molar-refractivity contribution is -0.138. The number of hydrogen-bond acceptors (Lipinski definition) is 4. The first-order valence-electron chi connectivity index (χ1n) is 7.16. The number of carboxylic acid groups (broad SMARTS) is 1. The van der Waals surface area contributed by atoms with Crippen LogP contribution < -0.4 is 10.1 Å². The molecule has 0 saturated carbocycles. The van der Waals surface area contributed by atoms with Crippen molar-refractivity contribution in [3.8, 4) is 5.75 Å². The Morgan fingerprint density at radius 1 is 1.27 bits per heavy atom.